The molecule has 1 aliphatic heterocycles. The van der Waals surface area contributed by atoms with Crippen LogP contribution in [0.15, 0.2) is 54.6 Å². The fourth-order valence-electron chi connectivity index (χ4n) is 5.65. The van der Waals surface area contributed by atoms with Gasteiger partial charge in [-0.2, -0.15) is 0 Å². The molecule has 8 heteroatoms. The van der Waals surface area contributed by atoms with Crippen molar-refractivity contribution in [3.8, 4) is 0 Å². The van der Waals surface area contributed by atoms with E-state index >= 15 is 0 Å². The summed E-state index contributed by atoms with van der Waals surface area (Å²) < 4.78 is 1.97. The molecule has 4 rings (SSSR count). The van der Waals surface area contributed by atoms with Crippen molar-refractivity contribution in [2.45, 2.75) is 52.2 Å². The number of nitrogens with zero attached hydrogens (tertiary/aromatic N) is 6. The molecule has 2 unspecified atom stereocenters. The minimum absolute atomic E-state index is 0.00348. The lowest BCUT2D eigenvalue weighted by Gasteiger charge is -2.44. The summed E-state index contributed by atoms with van der Waals surface area (Å²) in [4.78, 5) is 40.3. The largest absolute Gasteiger partial charge is 0.338 e. The van der Waals surface area contributed by atoms with E-state index in [1.54, 1.807) is 4.90 Å². The average molecular weight is 533 g/mol. The number of fused-ring (bicyclic) bond motifs is 1. The van der Waals surface area contributed by atoms with Crippen LogP contribution in [0.4, 0.5) is 0 Å². The Kier molecular flexibility index (Phi) is 9.75. The second-order valence-corrected chi connectivity index (χ2v) is 10.9. The number of hydrogen-bond acceptors (Lipinski definition) is 5. The van der Waals surface area contributed by atoms with E-state index in [2.05, 4.69) is 49.9 Å². The fourth-order valence-corrected chi connectivity index (χ4v) is 5.65. The second-order valence-electron chi connectivity index (χ2n) is 10.9. The van der Waals surface area contributed by atoms with E-state index in [9.17, 15) is 9.59 Å². The van der Waals surface area contributed by atoms with Gasteiger partial charge in [0.05, 0.1) is 11.0 Å². The standard InChI is InChI=1S/C31H44N6O2/c1-6-26(17-18-33(4)5)36-20-19-35(21-24(36)3)29(38)23-34(7-2)31(39)30-32-27-15-11-12-16-28(27)37(30)22-25-13-9-8-10-14-25/h8-16,24,26H,6-7,17-23H2,1-5H3. The first-order valence-corrected chi connectivity index (χ1v) is 14.3. The molecule has 2 heterocycles. The Balaban J connectivity index is 1.46. The third kappa shape index (κ3) is 6.86. The Morgan fingerprint density at radius 1 is 1.03 bits per heavy atom. The molecular weight excluding hydrogens is 488 g/mol. The average Bonchev–Trinajstić information content (AvgIpc) is 3.30. The van der Waals surface area contributed by atoms with Gasteiger partial charge in [0.1, 0.15) is 6.54 Å². The van der Waals surface area contributed by atoms with Crippen LogP contribution in [-0.2, 0) is 11.3 Å². The van der Waals surface area contributed by atoms with Crippen LogP contribution in [0.25, 0.3) is 11.0 Å². The zero-order valence-electron chi connectivity index (χ0n) is 24.2. The quantitative estimate of drug-likeness (QED) is 0.376. The second kappa shape index (κ2) is 13.2. The summed E-state index contributed by atoms with van der Waals surface area (Å²) in [7, 11) is 4.23. The Hall–Kier alpha value is -3.23. The van der Waals surface area contributed by atoms with Crippen molar-refractivity contribution in [1.29, 1.82) is 0 Å². The number of carbonyl (C=O) groups excluding carboxylic acids is 2. The van der Waals surface area contributed by atoms with Crippen LogP contribution in [0.3, 0.4) is 0 Å². The highest BCUT2D eigenvalue weighted by Gasteiger charge is 2.32. The molecule has 2 atom stereocenters. The molecule has 0 saturated carbocycles. The van der Waals surface area contributed by atoms with E-state index in [0.717, 1.165) is 42.5 Å². The summed E-state index contributed by atoms with van der Waals surface area (Å²) in [5.41, 5.74) is 2.79. The molecule has 39 heavy (non-hydrogen) atoms. The summed E-state index contributed by atoms with van der Waals surface area (Å²) in [6.07, 6.45) is 2.23. The summed E-state index contributed by atoms with van der Waals surface area (Å²) in [6, 6.07) is 18.7. The number of carbonyl (C=O) groups is 2. The Bertz CT molecular complexity index is 1240. The number of imidazole rings is 1. The number of benzene rings is 2. The van der Waals surface area contributed by atoms with Gasteiger partial charge in [-0.05, 0) is 65.0 Å². The van der Waals surface area contributed by atoms with E-state index < -0.39 is 0 Å². The monoisotopic (exact) mass is 532 g/mol. The molecule has 3 aromatic rings. The summed E-state index contributed by atoms with van der Waals surface area (Å²) in [5, 5.41) is 0. The third-order valence-electron chi connectivity index (χ3n) is 7.91. The maximum Gasteiger partial charge on any atom is 0.290 e. The van der Waals surface area contributed by atoms with Gasteiger partial charge in [-0.3, -0.25) is 14.5 Å². The Morgan fingerprint density at radius 2 is 1.74 bits per heavy atom. The lowest BCUT2D eigenvalue weighted by molar-refractivity contribution is -0.135. The molecule has 0 N–H and O–H groups in total. The first-order chi connectivity index (χ1) is 18.8. The van der Waals surface area contributed by atoms with Gasteiger partial charge in [0.2, 0.25) is 11.7 Å². The van der Waals surface area contributed by atoms with Crippen LogP contribution in [0.2, 0.25) is 0 Å². The van der Waals surface area contributed by atoms with E-state index in [-0.39, 0.29) is 24.4 Å². The summed E-state index contributed by atoms with van der Waals surface area (Å²) in [5.74, 6) is 0.169. The van der Waals surface area contributed by atoms with Crippen molar-refractivity contribution in [2.24, 2.45) is 0 Å². The first-order valence-electron chi connectivity index (χ1n) is 14.3. The van der Waals surface area contributed by atoms with Crippen LogP contribution in [0, 0.1) is 0 Å². The van der Waals surface area contributed by atoms with Crippen molar-refractivity contribution in [3.63, 3.8) is 0 Å². The molecule has 210 valence electrons. The van der Waals surface area contributed by atoms with Crippen LogP contribution in [0.5, 0.6) is 0 Å². The highest BCUT2D eigenvalue weighted by atomic mass is 16.2. The highest BCUT2D eigenvalue weighted by Crippen LogP contribution is 2.21. The zero-order valence-corrected chi connectivity index (χ0v) is 24.2. The Morgan fingerprint density at radius 3 is 2.41 bits per heavy atom. The maximum absolute atomic E-state index is 13.8. The molecule has 0 radical (unpaired) electrons. The van der Waals surface area contributed by atoms with Gasteiger partial charge in [0.25, 0.3) is 5.91 Å². The predicted molar refractivity (Wildman–Crippen MR) is 157 cm³/mol. The van der Waals surface area contributed by atoms with Gasteiger partial charge in [-0.25, -0.2) is 4.98 Å². The summed E-state index contributed by atoms with van der Waals surface area (Å²) in [6.45, 7) is 10.7. The maximum atomic E-state index is 13.8. The van der Waals surface area contributed by atoms with Crippen molar-refractivity contribution < 1.29 is 9.59 Å². The molecule has 1 fully saturated rings. The molecule has 2 amide bonds. The van der Waals surface area contributed by atoms with Crippen LogP contribution < -0.4 is 0 Å². The van der Waals surface area contributed by atoms with E-state index in [1.165, 1.54) is 0 Å². The molecule has 8 nitrogen and oxygen atoms in total. The minimum Gasteiger partial charge on any atom is -0.338 e. The lowest BCUT2D eigenvalue weighted by atomic mass is 10.0. The summed E-state index contributed by atoms with van der Waals surface area (Å²) >= 11 is 0. The molecule has 0 aliphatic carbocycles. The van der Waals surface area contributed by atoms with Gasteiger partial charge < -0.3 is 19.3 Å². The van der Waals surface area contributed by atoms with Crippen molar-refractivity contribution in [3.05, 3.63) is 66.0 Å². The number of aromatic nitrogens is 2. The van der Waals surface area contributed by atoms with Gasteiger partial charge in [-0.1, -0.05) is 49.4 Å². The molecule has 1 saturated heterocycles. The van der Waals surface area contributed by atoms with Gasteiger partial charge in [-0.15, -0.1) is 0 Å². The lowest BCUT2D eigenvalue weighted by Crippen LogP contribution is -2.58. The van der Waals surface area contributed by atoms with Crippen LogP contribution in [0.1, 0.15) is 49.8 Å². The molecule has 0 bridgehead atoms. The number of piperazine rings is 1. The van der Waals surface area contributed by atoms with Crippen LogP contribution in [-0.4, -0.2) is 106 Å². The number of likely N-dealkylation sites (N-methyl/N-ethyl adjacent to an activating group) is 1. The minimum atomic E-state index is -0.209. The number of hydrogen-bond donors (Lipinski definition) is 0. The SMILES string of the molecule is CCC(CCN(C)C)N1CCN(C(=O)CN(CC)C(=O)c2nc3ccccc3n2Cc2ccccc2)CC1C. The van der Waals surface area contributed by atoms with E-state index in [0.29, 0.717) is 38.0 Å². The van der Waals surface area contributed by atoms with Gasteiger partial charge in [0.15, 0.2) is 0 Å². The molecule has 0 spiro atoms. The Labute approximate surface area is 233 Å². The zero-order chi connectivity index (χ0) is 27.9. The molecule has 1 aliphatic rings. The van der Waals surface area contributed by atoms with Crippen molar-refractivity contribution in [2.75, 3.05) is 53.4 Å². The topological polar surface area (TPSA) is 64.9 Å². The normalized spacial score (nSPS) is 17.1. The molecular formula is C31H44N6O2. The van der Waals surface area contributed by atoms with Gasteiger partial charge in [0, 0.05) is 44.8 Å². The predicted octanol–water partition coefficient (Wildman–Crippen LogP) is 3.81. The van der Waals surface area contributed by atoms with Crippen molar-refractivity contribution >= 4 is 22.8 Å². The van der Waals surface area contributed by atoms with Crippen LogP contribution >= 0.6 is 0 Å². The van der Waals surface area contributed by atoms with E-state index in [4.69, 9.17) is 4.98 Å². The third-order valence-corrected chi connectivity index (χ3v) is 7.91. The molecule has 2 aromatic carbocycles. The molecule has 1 aromatic heterocycles. The smallest absolute Gasteiger partial charge is 0.290 e. The van der Waals surface area contributed by atoms with Crippen molar-refractivity contribution in [1.82, 2.24) is 29.2 Å². The van der Waals surface area contributed by atoms with Gasteiger partial charge >= 0.3 is 0 Å². The fraction of sp³-hybridized carbons (Fsp3) is 0.516. The number of amides is 2. The number of rotatable bonds is 11. The van der Waals surface area contributed by atoms with E-state index in [1.807, 2.05) is 58.9 Å². The highest BCUT2D eigenvalue weighted by molar-refractivity contribution is 5.97. The first kappa shape index (κ1) is 28.8. The number of para-hydroxylation sites is 2.